The first-order chi connectivity index (χ1) is 22.3. The number of hydrogen-bond donors (Lipinski definition) is 2. The van der Waals surface area contributed by atoms with Gasteiger partial charge in [-0.05, 0) is 43.9 Å². The molecule has 248 valence electrons. The van der Waals surface area contributed by atoms with Crippen LogP contribution in [0.1, 0.15) is 17.0 Å². The number of nitrogens with one attached hydrogen (secondary N) is 2. The lowest BCUT2D eigenvalue weighted by atomic mass is 9.93. The SMILES string of the molecule is C=CC(=O)NCCOCCOCCOCC(=O)Nc1ccc2c([C@H]3CN(Cc4cccc5c4OCO5)C[C@@H]3N(C)C)cn(C)c2c1. The van der Waals surface area contributed by atoms with E-state index in [1.807, 2.05) is 31.3 Å². The molecule has 0 unspecified atom stereocenters. The number of aryl methyl sites for hydroxylation is 1. The van der Waals surface area contributed by atoms with Gasteiger partial charge in [0.25, 0.3) is 0 Å². The van der Waals surface area contributed by atoms with Crippen molar-refractivity contribution >= 4 is 28.4 Å². The van der Waals surface area contributed by atoms with Crippen molar-refractivity contribution in [1.29, 1.82) is 0 Å². The number of rotatable bonds is 17. The molecular weight excluding hydrogens is 590 g/mol. The van der Waals surface area contributed by atoms with Crippen molar-refractivity contribution in [3.05, 3.63) is 66.4 Å². The maximum absolute atomic E-state index is 12.6. The Balaban J connectivity index is 1.09. The lowest BCUT2D eigenvalue weighted by Gasteiger charge is -2.25. The van der Waals surface area contributed by atoms with Crippen LogP contribution in [0.2, 0.25) is 0 Å². The first-order valence-corrected chi connectivity index (χ1v) is 15.6. The smallest absolute Gasteiger partial charge is 0.250 e. The van der Waals surface area contributed by atoms with Gasteiger partial charge in [-0.3, -0.25) is 14.5 Å². The van der Waals surface area contributed by atoms with Gasteiger partial charge in [0.2, 0.25) is 18.6 Å². The lowest BCUT2D eigenvalue weighted by Crippen LogP contribution is -2.34. The molecule has 0 radical (unpaired) electrons. The van der Waals surface area contributed by atoms with E-state index in [4.69, 9.17) is 23.7 Å². The minimum absolute atomic E-state index is 0.0660. The molecule has 46 heavy (non-hydrogen) atoms. The van der Waals surface area contributed by atoms with E-state index in [0.29, 0.717) is 51.5 Å². The van der Waals surface area contributed by atoms with E-state index in [1.54, 1.807) is 0 Å². The van der Waals surface area contributed by atoms with E-state index in [0.717, 1.165) is 47.9 Å². The van der Waals surface area contributed by atoms with Crippen LogP contribution in [0.25, 0.3) is 10.9 Å². The molecule has 1 saturated heterocycles. The molecule has 12 heteroatoms. The van der Waals surface area contributed by atoms with Gasteiger partial charge in [-0.1, -0.05) is 24.8 Å². The number of hydrogen-bond acceptors (Lipinski definition) is 9. The highest BCUT2D eigenvalue weighted by molar-refractivity contribution is 5.95. The zero-order chi connectivity index (χ0) is 32.5. The van der Waals surface area contributed by atoms with E-state index >= 15 is 0 Å². The molecule has 5 rings (SSSR count). The minimum atomic E-state index is -0.226. The van der Waals surface area contributed by atoms with Crippen LogP contribution in [0.4, 0.5) is 5.69 Å². The predicted octanol–water partition coefficient (Wildman–Crippen LogP) is 2.73. The summed E-state index contributed by atoms with van der Waals surface area (Å²) in [6, 6.07) is 12.5. The molecule has 2 N–H and O–H groups in total. The van der Waals surface area contributed by atoms with Gasteiger partial charge >= 0.3 is 0 Å². The van der Waals surface area contributed by atoms with Crippen LogP contribution in [0.3, 0.4) is 0 Å². The summed E-state index contributed by atoms with van der Waals surface area (Å²) in [4.78, 5) is 28.4. The monoisotopic (exact) mass is 635 g/mol. The van der Waals surface area contributed by atoms with Gasteiger partial charge in [-0.25, -0.2) is 0 Å². The number of likely N-dealkylation sites (N-methyl/N-ethyl adjacent to an activating group) is 1. The summed E-state index contributed by atoms with van der Waals surface area (Å²) in [7, 11) is 6.35. The molecule has 0 bridgehead atoms. The third-order valence-electron chi connectivity index (χ3n) is 8.31. The molecule has 1 aromatic heterocycles. The summed E-state index contributed by atoms with van der Waals surface area (Å²) in [6.07, 6.45) is 3.45. The van der Waals surface area contributed by atoms with Crippen LogP contribution in [-0.2, 0) is 37.4 Å². The minimum Gasteiger partial charge on any atom is -0.454 e. The van der Waals surface area contributed by atoms with Crippen LogP contribution in [0.15, 0.2) is 55.3 Å². The van der Waals surface area contributed by atoms with Gasteiger partial charge < -0.3 is 43.8 Å². The number of para-hydroxylation sites is 1. The molecule has 1 fully saturated rings. The Kier molecular flexibility index (Phi) is 11.7. The molecule has 2 aliphatic heterocycles. The maximum atomic E-state index is 12.6. The van der Waals surface area contributed by atoms with Crippen molar-refractivity contribution < 1.29 is 33.3 Å². The van der Waals surface area contributed by atoms with Gasteiger partial charge in [-0.15, -0.1) is 0 Å². The number of fused-ring (bicyclic) bond motifs is 2. The molecular formula is C34H45N5O7. The molecule has 3 heterocycles. The Morgan fingerprint density at radius 1 is 1.04 bits per heavy atom. The third kappa shape index (κ3) is 8.45. The van der Waals surface area contributed by atoms with E-state index in [-0.39, 0.29) is 25.2 Å². The highest BCUT2D eigenvalue weighted by Crippen LogP contribution is 2.40. The van der Waals surface area contributed by atoms with Gasteiger partial charge in [0.05, 0.1) is 38.6 Å². The maximum Gasteiger partial charge on any atom is 0.250 e. The molecule has 2 amide bonds. The molecule has 0 aliphatic carbocycles. The highest BCUT2D eigenvalue weighted by atomic mass is 16.7. The molecule has 2 aliphatic rings. The quantitative estimate of drug-likeness (QED) is 0.171. The van der Waals surface area contributed by atoms with Crippen LogP contribution >= 0.6 is 0 Å². The van der Waals surface area contributed by atoms with Crippen molar-refractivity contribution in [2.45, 2.75) is 18.5 Å². The predicted molar refractivity (Wildman–Crippen MR) is 175 cm³/mol. The molecule has 2 atom stereocenters. The topological polar surface area (TPSA) is 116 Å². The normalized spacial score (nSPS) is 17.6. The molecule has 12 nitrogen and oxygen atoms in total. The summed E-state index contributed by atoms with van der Waals surface area (Å²) in [5, 5.41) is 6.77. The Morgan fingerprint density at radius 2 is 1.83 bits per heavy atom. The number of carbonyl (C=O) groups excluding carboxylic acids is 2. The number of anilines is 1. The summed E-state index contributed by atoms with van der Waals surface area (Å²) in [5.41, 5.74) is 4.25. The fourth-order valence-electron chi connectivity index (χ4n) is 6.09. The molecule has 3 aromatic rings. The second-order valence-electron chi connectivity index (χ2n) is 11.7. The number of benzene rings is 2. The van der Waals surface area contributed by atoms with Crippen LogP contribution < -0.4 is 20.1 Å². The summed E-state index contributed by atoms with van der Waals surface area (Å²) >= 11 is 0. The van der Waals surface area contributed by atoms with Crippen molar-refractivity contribution in [2.75, 3.05) is 85.5 Å². The number of nitrogens with zero attached hydrogens (tertiary/aromatic N) is 3. The van der Waals surface area contributed by atoms with Crippen LogP contribution in [0.5, 0.6) is 11.5 Å². The number of ether oxygens (including phenoxy) is 5. The summed E-state index contributed by atoms with van der Waals surface area (Å²) < 4.78 is 29.8. The fraction of sp³-hybridized carbons (Fsp3) is 0.471. The second-order valence-corrected chi connectivity index (χ2v) is 11.7. The van der Waals surface area contributed by atoms with E-state index in [2.05, 4.69) is 64.0 Å². The summed E-state index contributed by atoms with van der Waals surface area (Å²) in [6.45, 7) is 8.53. The summed E-state index contributed by atoms with van der Waals surface area (Å²) in [5.74, 6) is 1.55. The molecule has 0 saturated carbocycles. The van der Waals surface area contributed by atoms with E-state index in [9.17, 15) is 9.59 Å². The lowest BCUT2D eigenvalue weighted by molar-refractivity contribution is -0.121. The van der Waals surface area contributed by atoms with Gasteiger partial charge in [0.1, 0.15) is 6.61 Å². The first kappa shape index (κ1) is 33.4. The standard InChI is InChI=1S/C34H45N5O7/c1-5-32(40)35-11-12-42-13-14-43-15-16-44-22-33(41)36-25-9-10-26-27(19-38(4)29(26)17-25)28-20-39(21-30(28)37(2)3)18-24-7-6-8-31-34(24)46-23-45-31/h5-10,17,19,28,30H,1,11-16,18,20-23H2,2-4H3,(H,35,40)(H,36,41)/t28-,30+/m1/s1. The van der Waals surface area contributed by atoms with Gasteiger partial charge in [0.15, 0.2) is 11.5 Å². The number of likely N-dealkylation sites (tertiary alicyclic amines) is 1. The zero-order valence-electron chi connectivity index (χ0n) is 27.0. The third-order valence-corrected chi connectivity index (χ3v) is 8.31. The van der Waals surface area contributed by atoms with Gasteiger partial charge in [0, 0.05) is 68.0 Å². The van der Waals surface area contributed by atoms with Crippen LogP contribution in [-0.4, -0.2) is 112 Å². The zero-order valence-corrected chi connectivity index (χ0v) is 27.0. The molecule has 0 spiro atoms. The van der Waals surface area contributed by atoms with Crippen molar-refractivity contribution in [1.82, 2.24) is 19.7 Å². The Labute approximate surface area is 270 Å². The number of amides is 2. The Hall–Kier alpha value is -3.94. The van der Waals surface area contributed by atoms with Crippen LogP contribution in [0, 0.1) is 0 Å². The van der Waals surface area contributed by atoms with Crippen molar-refractivity contribution in [3.8, 4) is 11.5 Å². The Bertz CT molecular complexity index is 1510. The van der Waals surface area contributed by atoms with Gasteiger partial charge in [-0.2, -0.15) is 0 Å². The highest BCUT2D eigenvalue weighted by Gasteiger charge is 2.37. The number of carbonyl (C=O) groups is 2. The van der Waals surface area contributed by atoms with Crippen molar-refractivity contribution in [3.63, 3.8) is 0 Å². The fourth-order valence-corrected chi connectivity index (χ4v) is 6.09. The molecule has 2 aromatic carbocycles. The average Bonchev–Trinajstić information content (AvgIpc) is 3.77. The Morgan fingerprint density at radius 3 is 2.61 bits per heavy atom. The second kappa shape index (κ2) is 16.1. The first-order valence-electron chi connectivity index (χ1n) is 15.6. The van der Waals surface area contributed by atoms with E-state index < -0.39 is 0 Å². The average molecular weight is 636 g/mol. The van der Waals surface area contributed by atoms with E-state index in [1.165, 1.54) is 17.0 Å². The number of aromatic nitrogens is 1. The largest absolute Gasteiger partial charge is 0.454 e. The van der Waals surface area contributed by atoms with Crippen molar-refractivity contribution in [2.24, 2.45) is 7.05 Å².